The van der Waals surface area contributed by atoms with Crippen LogP contribution in [0.25, 0.3) is 0 Å². The fraction of sp³-hybridized carbons (Fsp3) is 0.913. The second kappa shape index (κ2) is 15.0. The number of ketones is 1. The van der Waals surface area contributed by atoms with Gasteiger partial charge in [0.2, 0.25) is 0 Å². The van der Waals surface area contributed by atoms with E-state index in [0.717, 1.165) is 12.8 Å². The summed E-state index contributed by atoms with van der Waals surface area (Å²) in [6.07, 6.45) is 15.6. The molecule has 0 bridgehead atoms. The number of likely N-dealkylation sites (N-methyl/N-ethyl adjacent to an activating group) is 1. The van der Waals surface area contributed by atoms with E-state index >= 15 is 0 Å². The van der Waals surface area contributed by atoms with Gasteiger partial charge in [-0.25, -0.2) is 0 Å². The highest BCUT2D eigenvalue weighted by molar-refractivity contribution is 5.90. The summed E-state index contributed by atoms with van der Waals surface area (Å²) in [5.41, 5.74) is -1.83. The van der Waals surface area contributed by atoms with Crippen molar-refractivity contribution in [1.29, 1.82) is 0 Å². The monoisotopic (exact) mass is 399 g/mol. The molecule has 0 radical (unpaired) electrons. The minimum Gasteiger partial charge on any atom is -0.550 e. The van der Waals surface area contributed by atoms with Gasteiger partial charge < -0.3 is 19.5 Å². The first-order chi connectivity index (χ1) is 13.1. The van der Waals surface area contributed by atoms with Gasteiger partial charge in [0.1, 0.15) is 6.54 Å². The Morgan fingerprint density at radius 2 is 1.18 bits per heavy atom. The van der Waals surface area contributed by atoms with Crippen molar-refractivity contribution in [1.82, 2.24) is 0 Å². The summed E-state index contributed by atoms with van der Waals surface area (Å²) in [5, 5.41) is 21.6. The molecule has 0 rings (SSSR count). The summed E-state index contributed by atoms with van der Waals surface area (Å²) >= 11 is 0. The van der Waals surface area contributed by atoms with Gasteiger partial charge in [0.05, 0.1) is 21.1 Å². The number of carboxylic acid groups (broad SMARTS) is 1. The maximum Gasteiger partial charge on any atom is 0.177 e. The van der Waals surface area contributed by atoms with Crippen LogP contribution in [0.4, 0.5) is 0 Å². The summed E-state index contributed by atoms with van der Waals surface area (Å²) in [4.78, 5) is 23.4. The van der Waals surface area contributed by atoms with Crippen LogP contribution < -0.4 is 5.11 Å². The second-order valence-electron chi connectivity index (χ2n) is 9.44. The van der Waals surface area contributed by atoms with E-state index in [4.69, 9.17) is 0 Å². The molecule has 0 fully saturated rings. The quantitative estimate of drug-likeness (QED) is 0.266. The number of Topliss-reactive ketones (excluding diaryl/α,β-unsaturated/α-hetero) is 1. The van der Waals surface area contributed by atoms with E-state index in [1.54, 1.807) is 0 Å². The van der Waals surface area contributed by atoms with Crippen LogP contribution in [-0.4, -0.2) is 54.6 Å². The highest BCUT2D eigenvalue weighted by Crippen LogP contribution is 2.20. The van der Waals surface area contributed by atoms with Crippen molar-refractivity contribution in [2.45, 2.75) is 109 Å². The molecule has 28 heavy (non-hydrogen) atoms. The van der Waals surface area contributed by atoms with Crippen LogP contribution in [-0.2, 0) is 9.59 Å². The van der Waals surface area contributed by atoms with Gasteiger partial charge in [-0.15, -0.1) is 0 Å². The van der Waals surface area contributed by atoms with E-state index in [-0.39, 0.29) is 18.7 Å². The fourth-order valence-electron chi connectivity index (χ4n) is 3.80. The number of carbonyl (C=O) groups is 2. The molecule has 0 spiro atoms. The lowest BCUT2D eigenvalue weighted by molar-refractivity contribution is -0.875. The summed E-state index contributed by atoms with van der Waals surface area (Å²) in [6.45, 7) is 2.33. The minimum absolute atomic E-state index is 0.0816. The number of unbranched alkanes of at least 4 members (excludes halogenated alkanes) is 12. The Balaban J connectivity index is 3.85. The van der Waals surface area contributed by atoms with Crippen LogP contribution in [0, 0.1) is 0 Å². The Morgan fingerprint density at radius 3 is 1.54 bits per heavy atom. The van der Waals surface area contributed by atoms with E-state index in [0.29, 0.717) is 10.9 Å². The van der Waals surface area contributed by atoms with Gasteiger partial charge in [-0.2, -0.15) is 0 Å². The standard InChI is InChI=1S/C23H45NO4/c1-5-6-7-8-9-10-11-12-13-14-15-16-17-18-21(25)23(28,19-22(26)27)20-24(2,3)4/h28H,5-20H2,1-4H3/t23-/m1/s1. The summed E-state index contributed by atoms with van der Waals surface area (Å²) in [7, 11) is 5.50. The topological polar surface area (TPSA) is 77.4 Å². The minimum atomic E-state index is -1.83. The molecule has 5 nitrogen and oxygen atoms in total. The molecule has 0 saturated heterocycles. The predicted octanol–water partition coefficient (Wildman–Crippen LogP) is 3.61. The highest BCUT2D eigenvalue weighted by Gasteiger charge is 2.40. The van der Waals surface area contributed by atoms with Gasteiger partial charge in [0.15, 0.2) is 11.4 Å². The average molecular weight is 400 g/mol. The Morgan fingerprint density at radius 1 is 0.786 bits per heavy atom. The maximum absolute atomic E-state index is 12.4. The molecule has 0 amide bonds. The van der Waals surface area contributed by atoms with E-state index in [1.165, 1.54) is 64.2 Å². The second-order valence-corrected chi connectivity index (χ2v) is 9.44. The number of rotatable bonds is 19. The molecule has 0 unspecified atom stereocenters. The van der Waals surface area contributed by atoms with Crippen molar-refractivity contribution >= 4 is 11.8 Å². The first-order valence-corrected chi connectivity index (χ1v) is 11.4. The molecule has 0 aliphatic carbocycles. The van der Waals surface area contributed by atoms with Gasteiger partial charge in [0.25, 0.3) is 0 Å². The lowest BCUT2D eigenvalue weighted by Gasteiger charge is -2.34. The van der Waals surface area contributed by atoms with Gasteiger partial charge in [-0.05, 0) is 6.42 Å². The Labute approximate surface area is 173 Å². The third-order valence-electron chi connectivity index (χ3n) is 5.20. The maximum atomic E-state index is 12.4. The predicted molar refractivity (Wildman–Crippen MR) is 113 cm³/mol. The van der Waals surface area contributed by atoms with Gasteiger partial charge in [0, 0.05) is 18.8 Å². The first-order valence-electron chi connectivity index (χ1n) is 11.4. The molecule has 0 heterocycles. The summed E-state index contributed by atoms with van der Waals surface area (Å²) < 4.78 is 0.328. The average Bonchev–Trinajstić information content (AvgIpc) is 2.56. The normalized spacial score (nSPS) is 14.0. The molecule has 1 N–H and O–H groups in total. The molecule has 0 aromatic rings. The van der Waals surface area contributed by atoms with Gasteiger partial charge in [-0.3, -0.25) is 4.79 Å². The van der Waals surface area contributed by atoms with E-state index < -0.39 is 18.0 Å². The van der Waals surface area contributed by atoms with Crippen molar-refractivity contribution in [2.75, 3.05) is 27.7 Å². The molecule has 0 aromatic heterocycles. The smallest absolute Gasteiger partial charge is 0.177 e. The third kappa shape index (κ3) is 15.0. The zero-order chi connectivity index (χ0) is 21.5. The zero-order valence-corrected chi connectivity index (χ0v) is 18.9. The molecular weight excluding hydrogens is 354 g/mol. The number of carboxylic acids is 1. The molecule has 0 aromatic carbocycles. The first kappa shape index (κ1) is 27.1. The van der Waals surface area contributed by atoms with Crippen LogP contribution in [0.2, 0.25) is 0 Å². The fourth-order valence-corrected chi connectivity index (χ4v) is 3.80. The largest absolute Gasteiger partial charge is 0.550 e. The van der Waals surface area contributed by atoms with Crippen LogP contribution in [0.5, 0.6) is 0 Å². The molecule has 0 aliphatic rings. The molecule has 0 aliphatic heterocycles. The number of hydrogen-bond acceptors (Lipinski definition) is 4. The van der Waals surface area contributed by atoms with Crippen LogP contribution in [0.1, 0.15) is 103 Å². The lowest BCUT2D eigenvalue weighted by atomic mass is 9.89. The third-order valence-corrected chi connectivity index (χ3v) is 5.20. The van der Waals surface area contributed by atoms with Crippen molar-refractivity contribution in [3.8, 4) is 0 Å². The molecule has 1 atom stereocenters. The van der Waals surface area contributed by atoms with Crippen LogP contribution in [0.15, 0.2) is 0 Å². The van der Waals surface area contributed by atoms with Gasteiger partial charge in [-0.1, -0.05) is 84.0 Å². The number of hydrogen-bond donors (Lipinski definition) is 1. The van der Waals surface area contributed by atoms with Crippen LogP contribution in [0.3, 0.4) is 0 Å². The molecule has 0 saturated carbocycles. The number of quaternary nitrogens is 1. The van der Waals surface area contributed by atoms with Crippen molar-refractivity contribution in [2.24, 2.45) is 0 Å². The Bertz CT molecular complexity index is 431. The Kier molecular flexibility index (Phi) is 14.5. The van der Waals surface area contributed by atoms with Crippen molar-refractivity contribution < 1.29 is 24.3 Å². The van der Waals surface area contributed by atoms with Crippen molar-refractivity contribution in [3.63, 3.8) is 0 Å². The zero-order valence-electron chi connectivity index (χ0n) is 18.9. The highest BCUT2D eigenvalue weighted by atomic mass is 16.4. The number of nitrogens with zero attached hydrogens (tertiary/aromatic N) is 1. The Hall–Kier alpha value is -0.940. The SMILES string of the molecule is CCCCCCCCCCCCCCCC(=O)[C@@](O)(CC(=O)[O-])C[N+](C)(C)C. The number of aliphatic carboxylic acids is 1. The van der Waals surface area contributed by atoms with E-state index in [1.807, 2.05) is 21.1 Å². The van der Waals surface area contributed by atoms with E-state index in [2.05, 4.69) is 6.92 Å². The van der Waals surface area contributed by atoms with Crippen molar-refractivity contribution in [3.05, 3.63) is 0 Å². The number of aliphatic hydroxyl groups is 1. The summed E-state index contributed by atoms with van der Waals surface area (Å²) in [5.74, 6) is -1.75. The molecule has 166 valence electrons. The lowest BCUT2D eigenvalue weighted by Crippen LogP contribution is -2.56. The molecular formula is C23H45NO4. The van der Waals surface area contributed by atoms with E-state index in [9.17, 15) is 19.8 Å². The molecule has 5 heteroatoms. The van der Waals surface area contributed by atoms with Crippen LogP contribution >= 0.6 is 0 Å². The van der Waals surface area contributed by atoms with Gasteiger partial charge >= 0.3 is 0 Å². The number of carbonyl (C=O) groups excluding carboxylic acids is 2. The summed E-state index contributed by atoms with van der Waals surface area (Å²) in [6, 6.07) is 0.